The van der Waals surface area contributed by atoms with E-state index < -0.39 is 0 Å². The maximum atomic E-state index is 3.61. The fourth-order valence-corrected chi connectivity index (χ4v) is 3.94. The molecule has 0 spiro atoms. The minimum absolute atomic E-state index is 0.799. The molecule has 1 unspecified atom stereocenters. The third-order valence-corrected chi connectivity index (χ3v) is 5.29. The molecule has 3 heteroatoms. The molecular weight excluding hydrogens is 294 g/mol. The highest BCUT2D eigenvalue weighted by atomic mass is 79.9. The smallest absolute Gasteiger partial charge is 0.0408 e. The Hall–Kier alpha value is -0.150. The predicted molar refractivity (Wildman–Crippen MR) is 82.6 cm³/mol. The molecule has 1 aliphatic heterocycles. The topological polar surface area (TPSA) is 3.24 Å². The average molecular weight is 314 g/mol. The van der Waals surface area contributed by atoms with Crippen LogP contribution in [0.5, 0.6) is 0 Å². The van der Waals surface area contributed by atoms with E-state index in [4.69, 9.17) is 0 Å². The third kappa shape index (κ3) is 3.19. The van der Waals surface area contributed by atoms with Crippen molar-refractivity contribution in [2.75, 3.05) is 23.7 Å². The van der Waals surface area contributed by atoms with Crippen LogP contribution in [0.25, 0.3) is 0 Å². The Morgan fingerprint density at radius 3 is 3.00 bits per heavy atom. The van der Waals surface area contributed by atoms with Gasteiger partial charge in [-0.05, 0) is 25.0 Å². The molecule has 17 heavy (non-hydrogen) atoms. The summed E-state index contributed by atoms with van der Waals surface area (Å²) in [5.41, 5.74) is 4.19. The minimum Gasteiger partial charge on any atom is -0.369 e. The summed E-state index contributed by atoms with van der Waals surface area (Å²) >= 11 is 5.73. The van der Waals surface area contributed by atoms with Crippen molar-refractivity contribution < 1.29 is 0 Å². The fourth-order valence-electron chi connectivity index (χ4n) is 2.31. The van der Waals surface area contributed by atoms with E-state index in [-0.39, 0.29) is 0 Å². The summed E-state index contributed by atoms with van der Waals surface area (Å²) in [6.45, 7) is 6.84. The van der Waals surface area contributed by atoms with Crippen molar-refractivity contribution >= 4 is 33.4 Å². The van der Waals surface area contributed by atoms with E-state index >= 15 is 0 Å². The molecule has 0 amide bonds. The van der Waals surface area contributed by atoms with E-state index in [2.05, 4.69) is 64.6 Å². The highest BCUT2D eigenvalue weighted by Crippen LogP contribution is 2.29. The Kier molecular flexibility index (Phi) is 4.80. The average Bonchev–Trinajstić information content (AvgIpc) is 2.38. The van der Waals surface area contributed by atoms with Gasteiger partial charge in [0, 0.05) is 35.1 Å². The maximum Gasteiger partial charge on any atom is 0.0408 e. The molecule has 1 fully saturated rings. The first-order chi connectivity index (χ1) is 8.24. The van der Waals surface area contributed by atoms with E-state index in [9.17, 15) is 0 Å². The zero-order valence-electron chi connectivity index (χ0n) is 10.6. The number of aryl methyl sites for hydroxylation is 1. The summed E-state index contributed by atoms with van der Waals surface area (Å²) in [7, 11) is 0. The van der Waals surface area contributed by atoms with Crippen LogP contribution in [-0.4, -0.2) is 24.1 Å². The Labute approximate surface area is 117 Å². The lowest BCUT2D eigenvalue weighted by molar-refractivity contribution is 0.726. The van der Waals surface area contributed by atoms with Crippen molar-refractivity contribution in [3.8, 4) is 0 Å². The van der Waals surface area contributed by atoms with Crippen molar-refractivity contribution in [2.24, 2.45) is 0 Å². The number of hydrogen-bond acceptors (Lipinski definition) is 2. The molecule has 1 saturated heterocycles. The summed E-state index contributed by atoms with van der Waals surface area (Å²) in [6.07, 6.45) is 1.27. The standard InChI is InChI=1S/C14H20BrNS/c1-3-13-10-16(6-7-17-13)14-5-4-11(2)8-12(14)9-15/h4-5,8,13H,3,6-7,9-10H2,1-2H3. The molecule has 0 aliphatic carbocycles. The second kappa shape index (κ2) is 6.14. The van der Waals surface area contributed by atoms with E-state index in [1.54, 1.807) is 0 Å². The van der Waals surface area contributed by atoms with Crippen LogP contribution in [0.3, 0.4) is 0 Å². The lowest BCUT2D eigenvalue weighted by atomic mass is 10.1. The molecule has 0 radical (unpaired) electrons. The van der Waals surface area contributed by atoms with Gasteiger partial charge in [0.25, 0.3) is 0 Å². The molecule has 1 aromatic carbocycles. The second-order valence-electron chi connectivity index (χ2n) is 4.61. The molecule has 1 atom stereocenters. The Morgan fingerprint density at radius 1 is 1.47 bits per heavy atom. The highest BCUT2D eigenvalue weighted by Gasteiger charge is 2.20. The molecule has 0 saturated carbocycles. The fraction of sp³-hybridized carbons (Fsp3) is 0.571. The Balaban J connectivity index is 2.20. The maximum absolute atomic E-state index is 3.61. The molecule has 1 aliphatic rings. The largest absolute Gasteiger partial charge is 0.369 e. The zero-order chi connectivity index (χ0) is 12.3. The van der Waals surface area contributed by atoms with E-state index in [0.717, 1.165) is 10.6 Å². The Morgan fingerprint density at radius 2 is 2.29 bits per heavy atom. The number of rotatable bonds is 3. The SMILES string of the molecule is CCC1CN(c2ccc(C)cc2CBr)CCS1. The quantitative estimate of drug-likeness (QED) is 0.769. The molecule has 94 valence electrons. The second-order valence-corrected chi connectivity index (χ2v) is 6.58. The van der Waals surface area contributed by atoms with Gasteiger partial charge in [0.2, 0.25) is 0 Å². The summed E-state index contributed by atoms with van der Waals surface area (Å²) < 4.78 is 0. The summed E-state index contributed by atoms with van der Waals surface area (Å²) in [5.74, 6) is 1.26. The molecule has 0 bridgehead atoms. The number of alkyl halides is 1. The molecule has 1 aromatic rings. The molecule has 1 heterocycles. The van der Waals surface area contributed by atoms with Crippen LogP contribution in [0, 0.1) is 6.92 Å². The number of thioether (sulfide) groups is 1. The van der Waals surface area contributed by atoms with Crippen molar-refractivity contribution in [1.82, 2.24) is 0 Å². The van der Waals surface area contributed by atoms with Gasteiger partial charge in [0.15, 0.2) is 0 Å². The number of nitrogens with zero attached hydrogens (tertiary/aromatic N) is 1. The van der Waals surface area contributed by atoms with E-state index in [1.807, 2.05) is 0 Å². The van der Waals surface area contributed by atoms with Gasteiger partial charge >= 0.3 is 0 Å². The van der Waals surface area contributed by atoms with Gasteiger partial charge in [-0.3, -0.25) is 0 Å². The van der Waals surface area contributed by atoms with Crippen molar-refractivity contribution in [3.63, 3.8) is 0 Å². The lowest BCUT2D eigenvalue weighted by Crippen LogP contribution is -2.38. The predicted octanol–water partition coefficient (Wildman–Crippen LogP) is 4.22. The van der Waals surface area contributed by atoms with Crippen molar-refractivity contribution in [3.05, 3.63) is 29.3 Å². The van der Waals surface area contributed by atoms with Gasteiger partial charge in [-0.2, -0.15) is 11.8 Å². The molecular formula is C14H20BrNS. The lowest BCUT2D eigenvalue weighted by Gasteiger charge is -2.35. The monoisotopic (exact) mass is 313 g/mol. The first-order valence-corrected chi connectivity index (χ1v) is 8.43. The van der Waals surface area contributed by atoms with Crippen LogP contribution < -0.4 is 4.90 Å². The highest BCUT2D eigenvalue weighted by molar-refractivity contribution is 9.08. The van der Waals surface area contributed by atoms with Gasteiger partial charge in [-0.15, -0.1) is 0 Å². The molecule has 1 nitrogen and oxygen atoms in total. The number of halogens is 1. The van der Waals surface area contributed by atoms with Crippen LogP contribution in [-0.2, 0) is 5.33 Å². The van der Waals surface area contributed by atoms with Gasteiger partial charge in [0.05, 0.1) is 0 Å². The van der Waals surface area contributed by atoms with Gasteiger partial charge in [0.1, 0.15) is 0 Å². The first-order valence-electron chi connectivity index (χ1n) is 6.26. The number of anilines is 1. The summed E-state index contributed by atoms with van der Waals surface area (Å²) in [6, 6.07) is 6.81. The van der Waals surface area contributed by atoms with Crippen LogP contribution in [0.1, 0.15) is 24.5 Å². The van der Waals surface area contributed by atoms with Crippen LogP contribution >= 0.6 is 27.7 Å². The van der Waals surface area contributed by atoms with E-state index in [0.29, 0.717) is 0 Å². The molecule has 0 aromatic heterocycles. The van der Waals surface area contributed by atoms with Crippen molar-refractivity contribution in [1.29, 1.82) is 0 Å². The van der Waals surface area contributed by atoms with Gasteiger partial charge < -0.3 is 4.90 Å². The van der Waals surface area contributed by atoms with Crippen LogP contribution in [0.4, 0.5) is 5.69 Å². The van der Waals surface area contributed by atoms with Crippen LogP contribution in [0.2, 0.25) is 0 Å². The number of benzene rings is 1. The number of hydrogen-bond donors (Lipinski definition) is 0. The van der Waals surface area contributed by atoms with Crippen molar-refractivity contribution in [2.45, 2.75) is 30.8 Å². The summed E-state index contributed by atoms with van der Waals surface area (Å²) in [4.78, 5) is 2.56. The normalized spacial score (nSPS) is 20.6. The van der Waals surface area contributed by atoms with E-state index in [1.165, 1.54) is 42.1 Å². The first kappa shape index (κ1) is 13.3. The molecule has 0 N–H and O–H groups in total. The van der Waals surface area contributed by atoms with Gasteiger partial charge in [-0.1, -0.05) is 40.5 Å². The molecule has 2 rings (SSSR count). The Bertz CT molecular complexity index is 380. The summed E-state index contributed by atoms with van der Waals surface area (Å²) in [5, 5.41) is 1.75. The van der Waals surface area contributed by atoms with Crippen LogP contribution in [0.15, 0.2) is 18.2 Å². The van der Waals surface area contributed by atoms with Gasteiger partial charge in [-0.25, -0.2) is 0 Å². The zero-order valence-corrected chi connectivity index (χ0v) is 13.0. The third-order valence-electron chi connectivity index (χ3n) is 3.31. The minimum atomic E-state index is 0.799.